The summed E-state index contributed by atoms with van der Waals surface area (Å²) in [6.07, 6.45) is 1.99. The van der Waals surface area contributed by atoms with Crippen LogP contribution >= 0.6 is 0 Å². The number of carbonyl (C=O) groups excluding carboxylic acids is 10. The molecule has 0 aliphatic carbocycles. The normalized spacial score (nSPS) is 20.1. The van der Waals surface area contributed by atoms with Crippen molar-refractivity contribution in [2.75, 3.05) is 48.8 Å². The Morgan fingerprint density at radius 2 is 1.39 bits per heavy atom. The molecule has 1 saturated heterocycles. The zero-order valence-electron chi connectivity index (χ0n) is 58.1. The first kappa shape index (κ1) is 79.3. The number of amides is 7. The highest BCUT2D eigenvalue weighted by Gasteiger charge is 2.50. The number of nitrogens with two attached hydrogens (primary N) is 1. The summed E-state index contributed by atoms with van der Waals surface area (Å²) in [5, 5.41) is 9.38. The molecule has 1 aliphatic heterocycles. The van der Waals surface area contributed by atoms with Crippen LogP contribution in [0, 0.1) is 42.4 Å². The Labute approximate surface area is 532 Å². The van der Waals surface area contributed by atoms with E-state index in [0.717, 1.165) is 16.3 Å². The summed E-state index contributed by atoms with van der Waals surface area (Å²) in [4.78, 5) is 153. The Bertz CT molecular complexity index is 2520. The van der Waals surface area contributed by atoms with E-state index in [1.165, 1.54) is 59.6 Å². The van der Waals surface area contributed by atoms with E-state index in [1.807, 2.05) is 94.4 Å². The molecule has 506 valence electrons. The van der Waals surface area contributed by atoms with E-state index in [-0.39, 0.29) is 67.6 Å². The summed E-state index contributed by atoms with van der Waals surface area (Å²) in [5.41, 5.74) is 2.98. The highest BCUT2D eigenvalue weighted by Crippen LogP contribution is 2.31. The molecule has 12 unspecified atom stereocenters. The molecular weight excluding hydrogens is 1140 g/mol. The van der Waals surface area contributed by atoms with Crippen LogP contribution in [0.4, 0.5) is 0 Å². The second kappa shape index (κ2) is 35.7. The standard InChI is InChI=1S/C66H115N11O12/c1-23-27-52(71-64(16,38-78)89-57(45(11)12)63(87)77(22)65(67,39-79)35-43(7)8)73(18)61(85)51(34-42(5)6)70-66(40-80,36-44(9)10)76(21)54(82)37-72(17)60(84)50(24-2)69-59(83)56-58(46(13)28-25-30-49-31-26-29-47(14)68-49)88-48(15)55(62(86)75(56)20)74(19)53(81)33-32-41(3)4/h26,29,31,38-46,48,50-52,55-58,70-71H,23-25,27-28,30,32-37,67H2,1-22H3,(H,69,83). The number of pyridine rings is 1. The van der Waals surface area contributed by atoms with Crippen molar-refractivity contribution in [1.29, 1.82) is 0 Å². The molecule has 2 rings (SSSR count). The Hall–Kier alpha value is -5.75. The molecule has 7 amide bonds. The number of aryl methyl sites for hydroxylation is 2. The first-order valence-electron chi connectivity index (χ1n) is 32.2. The summed E-state index contributed by atoms with van der Waals surface area (Å²) >= 11 is 0. The van der Waals surface area contributed by atoms with E-state index in [9.17, 15) is 43.2 Å². The van der Waals surface area contributed by atoms with Crippen molar-refractivity contribution in [2.45, 2.75) is 247 Å². The molecule has 0 spiro atoms. The molecule has 2 heterocycles. The average molecular weight is 1250 g/mol. The number of hydrogen-bond acceptors (Lipinski definition) is 16. The fourth-order valence-electron chi connectivity index (χ4n) is 11.7. The molecule has 0 radical (unpaired) electrons. The topological polar surface area (TPSA) is 284 Å². The molecule has 0 saturated carbocycles. The van der Waals surface area contributed by atoms with Gasteiger partial charge in [0, 0.05) is 60.1 Å². The summed E-state index contributed by atoms with van der Waals surface area (Å²) in [5.74, 6) is -4.67. The summed E-state index contributed by atoms with van der Waals surface area (Å²) in [6.45, 7) is 28.9. The van der Waals surface area contributed by atoms with Gasteiger partial charge in [-0.1, -0.05) is 102 Å². The van der Waals surface area contributed by atoms with Gasteiger partial charge in [-0.25, -0.2) is 0 Å². The monoisotopic (exact) mass is 1250 g/mol. The van der Waals surface area contributed by atoms with Crippen LogP contribution in [0.15, 0.2) is 18.2 Å². The molecule has 0 aromatic carbocycles. The zero-order valence-corrected chi connectivity index (χ0v) is 58.1. The third-order valence-corrected chi connectivity index (χ3v) is 17.0. The smallest absolute Gasteiger partial charge is 0.253 e. The van der Waals surface area contributed by atoms with Crippen molar-refractivity contribution in [1.82, 2.24) is 50.3 Å². The fraction of sp³-hybridized carbons (Fsp3) is 0.773. The number of ether oxygens (including phenoxy) is 2. The highest BCUT2D eigenvalue weighted by molar-refractivity contribution is 5.96. The van der Waals surface area contributed by atoms with Gasteiger partial charge in [-0.3, -0.25) is 63.6 Å². The van der Waals surface area contributed by atoms with E-state index in [4.69, 9.17) is 15.2 Å². The molecule has 1 aromatic heterocycles. The number of hydrogen-bond donors (Lipinski definition) is 4. The van der Waals surface area contributed by atoms with Gasteiger partial charge in [0.25, 0.3) is 5.91 Å². The molecule has 1 aromatic rings. The third-order valence-electron chi connectivity index (χ3n) is 17.0. The lowest BCUT2D eigenvalue weighted by Gasteiger charge is -2.44. The zero-order chi connectivity index (χ0) is 68.2. The van der Waals surface area contributed by atoms with Crippen LogP contribution in [-0.4, -0.2) is 209 Å². The number of aldehydes is 3. The number of nitrogens with zero attached hydrogens (tertiary/aromatic N) is 7. The van der Waals surface area contributed by atoms with Crippen LogP contribution in [0.1, 0.15) is 179 Å². The number of aromatic nitrogens is 1. The Morgan fingerprint density at radius 1 is 0.775 bits per heavy atom. The minimum absolute atomic E-state index is 0.0354. The summed E-state index contributed by atoms with van der Waals surface area (Å²) in [6, 6.07) is 1.29. The molecule has 23 heteroatoms. The van der Waals surface area contributed by atoms with Crippen LogP contribution in [0.5, 0.6) is 0 Å². The molecule has 5 N–H and O–H groups in total. The van der Waals surface area contributed by atoms with E-state index in [0.29, 0.717) is 57.4 Å². The molecule has 0 bridgehead atoms. The van der Waals surface area contributed by atoms with Gasteiger partial charge in [0.15, 0.2) is 30.2 Å². The van der Waals surface area contributed by atoms with Crippen LogP contribution in [-0.2, 0) is 63.8 Å². The largest absolute Gasteiger partial charge is 0.370 e. The molecular formula is C66H115N11O12. The van der Waals surface area contributed by atoms with Crippen LogP contribution in [0.25, 0.3) is 0 Å². The van der Waals surface area contributed by atoms with Crippen LogP contribution < -0.4 is 21.7 Å². The van der Waals surface area contributed by atoms with Gasteiger partial charge in [0.1, 0.15) is 29.9 Å². The molecule has 1 fully saturated rings. The van der Waals surface area contributed by atoms with E-state index >= 15 is 4.79 Å². The molecule has 12 atom stereocenters. The van der Waals surface area contributed by atoms with Crippen molar-refractivity contribution in [3.8, 4) is 0 Å². The lowest BCUT2D eigenvalue weighted by Crippen LogP contribution is -2.68. The summed E-state index contributed by atoms with van der Waals surface area (Å²) < 4.78 is 13.1. The van der Waals surface area contributed by atoms with Crippen molar-refractivity contribution in [3.05, 3.63) is 29.6 Å². The fourth-order valence-corrected chi connectivity index (χ4v) is 11.7. The van der Waals surface area contributed by atoms with Crippen LogP contribution in [0.2, 0.25) is 0 Å². The minimum atomic E-state index is -1.85. The second-order valence-corrected chi connectivity index (χ2v) is 27.3. The number of likely N-dealkylation sites (N-methyl/N-ethyl adjacent to an activating group) is 6. The second-order valence-electron chi connectivity index (χ2n) is 27.3. The van der Waals surface area contributed by atoms with Crippen molar-refractivity contribution in [3.63, 3.8) is 0 Å². The maximum Gasteiger partial charge on any atom is 0.253 e. The molecule has 1 aliphatic rings. The van der Waals surface area contributed by atoms with E-state index < -0.39 is 114 Å². The van der Waals surface area contributed by atoms with Gasteiger partial charge < -0.3 is 49.9 Å². The number of rotatable bonds is 38. The molecule has 23 nitrogen and oxygen atoms in total. The van der Waals surface area contributed by atoms with Crippen molar-refractivity contribution < 1.29 is 57.4 Å². The van der Waals surface area contributed by atoms with Gasteiger partial charge in [0.2, 0.25) is 35.4 Å². The predicted molar refractivity (Wildman–Crippen MR) is 344 cm³/mol. The SMILES string of the molecule is CCCC(NC(C)(C=O)OC(C(=O)N(C)C(N)(C=O)CC(C)C)C(C)C)N(C)C(=O)C(CC(C)C)NC(C=O)(CC(C)C)N(C)C(=O)CN(C)C(=O)C(CC)NC(=O)C1C(C(C)CCCc2cccc(C)n2)OC(C)C(N(C)C(=O)CCC(C)C)C(=O)N1C. The van der Waals surface area contributed by atoms with Gasteiger partial charge >= 0.3 is 0 Å². The third kappa shape index (κ3) is 22.3. The van der Waals surface area contributed by atoms with Gasteiger partial charge in [-0.05, 0) is 126 Å². The first-order valence-corrected chi connectivity index (χ1v) is 32.2. The Morgan fingerprint density at radius 3 is 1.90 bits per heavy atom. The lowest BCUT2D eigenvalue weighted by molar-refractivity contribution is -0.176. The average Bonchev–Trinajstić information content (AvgIpc) is 3.85. The minimum Gasteiger partial charge on any atom is -0.370 e. The number of nitrogens with one attached hydrogen (secondary N) is 3. The van der Waals surface area contributed by atoms with E-state index in [1.54, 1.807) is 41.8 Å². The highest BCUT2D eigenvalue weighted by atomic mass is 16.5. The predicted octanol–water partition coefficient (Wildman–Crippen LogP) is 5.47. The molecule has 89 heavy (non-hydrogen) atoms. The summed E-state index contributed by atoms with van der Waals surface area (Å²) in [7, 11) is 8.90. The van der Waals surface area contributed by atoms with Crippen molar-refractivity contribution in [2.24, 2.45) is 41.2 Å². The Kier molecular flexibility index (Phi) is 31.9. The Balaban J connectivity index is 2.54. The quantitative estimate of drug-likeness (QED) is 0.0472. The van der Waals surface area contributed by atoms with Gasteiger partial charge in [0.05, 0.1) is 31.0 Å². The van der Waals surface area contributed by atoms with E-state index in [2.05, 4.69) is 20.9 Å². The van der Waals surface area contributed by atoms with Gasteiger partial charge in [-0.15, -0.1) is 0 Å². The number of carbonyl (C=O) groups is 10. The van der Waals surface area contributed by atoms with Gasteiger partial charge in [-0.2, -0.15) is 0 Å². The van der Waals surface area contributed by atoms with Crippen LogP contribution in [0.3, 0.4) is 0 Å². The maximum absolute atomic E-state index is 15.1. The first-order chi connectivity index (χ1) is 41.3. The lowest BCUT2D eigenvalue weighted by atomic mass is 9.90. The maximum atomic E-state index is 15.1. The van der Waals surface area contributed by atoms with Crippen molar-refractivity contribution >= 4 is 60.2 Å².